The van der Waals surface area contributed by atoms with Crippen molar-refractivity contribution < 1.29 is 0 Å². The van der Waals surface area contributed by atoms with Gasteiger partial charge in [0.25, 0.3) is 0 Å². The van der Waals surface area contributed by atoms with Crippen LogP contribution in [0.2, 0.25) is 19.6 Å². The lowest BCUT2D eigenvalue weighted by molar-refractivity contribution is 1.15. The van der Waals surface area contributed by atoms with E-state index in [0.717, 1.165) is 254 Å². The molecule has 0 N–H and O–H groups in total. The van der Waals surface area contributed by atoms with Crippen LogP contribution in [0.4, 0.5) is 0 Å². The summed E-state index contributed by atoms with van der Waals surface area (Å²) in [5, 5.41) is 2.13. The summed E-state index contributed by atoms with van der Waals surface area (Å²) in [6.45, 7) is 41.9. The Morgan fingerprint density at radius 3 is 0.358 bits per heavy atom. The van der Waals surface area contributed by atoms with E-state index in [1.54, 1.807) is 181 Å². The fraction of sp³-hybridized carbons (Fsp3) is 0.267. The van der Waals surface area contributed by atoms with Gasteiger partial charge in [-0.3, -0.25) is 0 Å². The maximum Gasteiger partial charge on any atom is 0.129 e. The van der Waals surface area contributed by atoms with E-state index in [-0.39, 0.29) is 0 Å². The molecule has 16 aromatic rings. The van der Waals surface area contributed by atoms with Gasteiger partial charge in [-0.15, -0.1) is 187 Å². The molecule has 16 rings (SSSR count). The molecule has 16 aromatic heterocycles. The lowest BCUT2D eigenvalue weighted by Crippen LogP contribution is -2.16. The van der Waals surface area contributed by atoms with Crippen LogP contribution in [0.5, 0.6) is 0 Å². The third kappa shape index (κ3) is 28.2. The molecule has 148 heavy (non-hydrogen) atoms. The van der Waals surface area contributed by atoms with Crippen molar-refractivity contribution in [2.45, 2.75) is 233 Å². The van der Waals surface area contributed by atoms with Crippen molar-refractivity contribution in [2.24, 2.45) is 0 Å². The molecular formula is C131H106S16Si. The predicted molar refractivity (Wildman–Crippen MR) is 659 cm³/mol. The summed E-state index contributed by atoms with van der Waals surface area (Å²) >= 11 is 26.9. The molecule has 0 spiro atoms. The second-order valence-corrected chi connectivity index (χ2v) is 56.6. The summed E-state index contributed by atoms with van der Waals surface area (Å²) in [5.41, 5.74) is 23.2. The van der Waals surface area contributed by atoms with Gasteiger partial charge in [0.1, 0.15) is 8.07 Å². The highest BCUT2D eigenvalue weighted by molar-refractivity contribution is 7.18. The first kappa shape index (κ1) is 109. The fourth-order valence-corrected chi connectivity index (χ4v) is 31.5. The van der Waals surface area contributed by atoms with Crippen LogP contribution >= 0.6 is 181 Å². The summed E-state index contributed by atoms with van der Waals surface area (Å²) in [6, 6.07) is 35.4. The van der Waals surface area contributed by atoms with Gasteiger partial charge in [0, 0.05) is 0 Å². The third-order valence-electron chi connectivity index (χ3n) is 24.0. The standard InChI is InChI=1S/C131H106S16Si/c1-20-85-66-68-132-116(85)51-36-101-70-86(21-2)117(133-101)52-37-102-71-87(22-3)118(134-102)53-38-103-72-88(23-4)119(135-103)54-39-104-73-89(24-5)120(136-104)55-40-105-74-90(25-6)121(137-105)56-41-106-75-91(26-7)122(138-106)57-42-107-76-92(27-8)123(139-107)58-43-108-77-93(28-9)124(140-108)59-44-109-78-94(29-10)125(141-109)60-45-110-79-95(30-11)126(142-110)61-46-111-80-96(31-12)127(143-111)62-47-112-81-97(32-13)128(144-112)63-48-113-82-98(33-14)129(145-113)64-49-114-83-99(34-15)130(146-114)65-50-115-84-100(35-16)131(147-115)67-69-148(17,18)19/h66,68,70-84H,20-35H2,1-19H3. The number of hydrogen-bond donors (Lipinski definition) is 0. The molecule has 16 heterocycles. The molecular weight excluding hydrogens is 2110 g/mol. The normalized spacial score (nSPS) is 10.4. The largest absolute Gasteiger partial charge is 0.135 e. The molecule has 0 saturated carbocycles. The molecule has 0 aliphatic rings. The van der Waals surface area contributed by atoms with E-state index in [1.807, 2.05) is 0 Å². The van der Waals surface area contributed by atoms with E-state index in [1.165, 1.54) is 89.0 Å². The number of thiophene rings is 16. The zero-order chi connectivity index (χ0) is 104. The highest BCUT2D eigenvalue weighted by Gasteiger charge is 2.20. The maximum atomic E-state index is 3.57. The highest BCUT2D eigenvalue weighted by atomic mass is 32.2. The van der Waals surface area contributed by atoms with E-state index in [2.05, 4.69) is 422 Å². The molecule has 0 fully saturated rings. The lowest BCUT2D eigenvalue weighted by Gasteiger charge is -2.03. The van der Waals surface area contributed by atoms with Crippen LogP contribution < -0.4 is 0 Å². The first-order valence-electron chi connectivity index (χ1n) is 50.3. The van der Waals surface area contributed by atoms with Crippen LogP contribution in [-0.2, 0) is 103 Å². The van der Waals surface area contributed by atoms with Gasteiger partial charge in [0.15, 0.2) is 0 Å². The average molecular weight is 2220 g/mol. The van der Waals surface area contributed by atoms with Gasteiger partial charge in [0.05, 0.1) is 151 Å². The molecule has 730 valence electrons. The van der Waals surface area contributed by atoms with Crippen molar-refractivity contribution >= 4 is 189 Å². The monoisotopic (exact) mass is 2220 g/mol. The zero-order valence-corrected chi connectivity index (χ0v) is 101. The van der Waals surface area contributed by atoms with E-state index in [0.29, 0.717) is 0 Å². The maximum absolute atomic E-state index is 3.57. The van der Waals surface area contributed by atoms with Crippen LogP contribution in [0.1, 0.15) is 351 Å². The molecule has 0 amide bonds. The van der Waals surface area contributed by atoms with Gasteiger partial charge in [-0.05, 0) is 472 Å². The zero-order valence-electron chi connectivity index (χ0n) is 86.7. The van der Waals surface area contributed by atoms with Gasteiger partial charge >= 0.3 is 0 Å². The highest BCUT2D eigenvalue weighted by Crippen LogP contribution is 2.37. The van der Waals surface area contributed by atoms with Crippen LogP contribution in [0.25, 0.3) is 0 Å². The first-order chi connectivity index (χ1) is 72.0. The molecule has 0 aliphatic heterocycles. The summed E-state index contributed by atoms with van der Waals surface area (Å²) < 4.78 is 0. The quantitative estimate of drug-likeness (QED) is 0.0668. The Kier molecular flexibility index (Phi) is 38.5. The third-order valence-corrected chi connectivity index (χ3v) is 40.9. The molecule has 0 unspecified atom stereocenters. The Morgan fingerprint density at radius 1 is 0.142 bits per heavy atom. The van der Waals surface area contributed by atoms with Crippen LogP contribution in [0, 0.1) is 189 Å². The second-order valence-electron chi connectivity index (χ2n) is 35.2. The summed E-state index contributed by atoms with van der Waals surface area (Å²) in [6.07, 6.45) is 14.2. The Morgan fingerprint density at radius 2 is 0.250 bits per heavy atom. The van der Waals surface area contributed by atoms with Crippen molar-refractivity contribution in [3.05, 3.63) is 343 Å². The van der Waals surface area contributed by atoms with Crippen molar-refractivity contribution in [1.82, 2.24) is 0 Å². The summed E-state index contributed by atoms with van der Waals surface area (Å²) in [5.74, 6) is 109. The lowest BCUT2D eigenvalue weighted by atomic mass is 10.1. The Bertz CT molecular complexity index is 8560. The summed E-state index contributed by atoms with van der Waals surface area (Å²) in [4.78, 5) is 32.5. The van der Waals surface area contributed by atoms with E-state index in [9.17, 15) is 0 Å². The number of rotatable bonds is 16. The smallest absolute Gasteiger partial charge is 0.129 e. The fourth-order valence-electron chi connectivity index (χ4n) is 15.6. The molecule has 0 nitrogen and oxygen atoms in total. The minimum absolute atomic E-state index is 0.865. The van der Waals surface area contributed by atoms with Crippen LogP contribution in [-0.4, -0.2) is 8.07 Å². The van der Waals surface area contributed by atoms with Crippen molar-refractivity contribution in [3.8, 4) is 189 Å². The molecule has 0 bridgehead atoms. The minimum atomic E-state index is -1.48. The Balaban J connectivity index is 0.529. The Hall–Kier alpha value is -11.6. The van der Waals surface area contributed by atoms with Gasteiger partial charge < -0.3 is 0 Å². The molecule has 0 aromatic carbocycles. The first-order valence-corrected chi connectivity index (χ1v) is 66.9. The van der Waals surface area contributed by atoms with Gasteiger partial charge in [-0.1, -0.05) is 136 Å². The van der Waals surface area contributed by atoms with E-state index < -0.39 is 8.07 Å². The van der Waals surface area contributed by atoms with Gasteiger partial charge in [0.2, 0.25) is 0 Å². The topological polar surface area (TPSA) is 0 Å². The van der Waals surface area contributed by atoms with Crippen LogP contribution in [0.15, 0.2) is 102 Å². The summed E-state index contributed by atoms with van der Waals surface area (Å²) in [7, 11) is -1.48. The Labute approximate surface area is 943 Å². The van der Waals surface area contributed by atoms with Gasteiger partial charge in [-0.25, -0.2) is 0 Å². The van der Waals surface area contributed by atoms with Crippen molar-refractivity contribution in [3.63, 3.8) is 0 Å². The number of hydrogen-bond acceptors (Lipinski definition) is 16. The van der Waals surface area contributed by atoms with E-state index >= 15 is 0 Å². The SMILES string of the molecule is CCc1ccsc1C#Cc1cc(CC)c(C#Cc2cc(CC)c(C#Cc3cc(CC)c(C#Cc4cc(CC)c(C#Cc5cc(CC)c(C#Cc6cc(CC)c(C#Cc7cc(CC)c(C#Cc8cc(CC)c(C#Cc9cc(CC)c(C#Cc%10cc(CC)c(C#Cc%11cc(CC)c(C#Cc%12cc(CC)c(C#Cc%13cc(CC)c(C#Cc%14cc(CC)c(C#Cc%15cc(CC)c(C#C[Si](C)(C)C)s%15)s%14)s%13)s%12)s%11)s%10)s9)s8)s7)s6)s5)s4)s3)s2)s1. The second kappa shape index (κ2) is 52.2. The average Bonchev–Trinajstić information content (AvgIpc) is 1.70. The molecule has 0 radical (unpaired) electrons. The van der Waals surface area contributed by atoms with Crippen molar-refractivity contribution in [1.29, 1.82) is 0 Å². The van der Waals surface area contributed by atoms with E-state index in [4.69, 9.17) is 0 Å². The molecule has 17 heteroatoms. The molecule has 0 atom stereocenters. The van der Waals surface area contributed by atoms with Crippen LogP contribution in [0.3, 0.4) is 0 Å². The minimum Gasteiger partial charge on any atom is -0.135 e. The predicted octanol–water partition coefficient (Wildman–Crippen LogP) is 33.9. The molecule has 0 aliphatic carbocycles. The number of aryl methyl sites for hydroxylation is 16. The van der Waals surface area contributed by atoms with Crippen molar-refractivity contribution in [2.75, 3.05) is 0 Å². The van der Waals surface area contributed by atoms with Gasteiger partial charge in [-0.2, -0.15) is 0 Å². The molecule has 0 saturated heterocycles.